The van der Waals surface area contributed by atoms with E-state index in [-0.39, 0.29) is 0 Å². The molecule has 0 heteroatoms. The molecule has 0 nitrogen and oxygen atoms in total. The van der Waals surface area contributed by atoms with Gasteiger partial charge in [0.25, 0.3) is 0 Å². The van der Waals surface area contributed by atoms with Gasteiger partial charge in [-0.15, -0.1) is 26.3 Å². The van der Waals surface area contributed by atoms with Crippen LogP contribution in [0.4, 0.5) is 0 Å². The van der Waals surface area contributed by atoms with Gasteiger partial charge in [-0.1, -0.05) is 323 Å². The minimum absolute atomic E-state index is 1.11. The molecule has 0 aliphatic rings. The molecule has 0 unspecified atom stereocenters. The first kappa shape index (κ1) is 81.5. The molecule has 0 heterocycles. The number of hydrogen-bond acceptors (Lipinski definition) is 0. The fourth-order valence-corrected chi connectivity index (χ4v) is 6.66. The summed E-state index contributed by atoms with van der Waals surface area (Å²) in [6, 6.07) is 51.2. The number of hydrogen-bond donors (Lipinski definition) is 0. The molecule has 0 radical (unpaired) electrons. The van der Waals surface area contributed by atoms with Crippen LogP contribution in [-0.4, -0.2) is 0 Å². The molecule has 0 saturated heterocycles. The quantitative estimate of drug-likeness (QED) is 0.0560. The van der Waals surface area contributed by atoms with Gasteiger partial charge in [-0.3, -0.25) is 0 Å². The maximum atomic E-state index is 3.74. The van der Waals surface area contributed by atoms with Gasteiger partial charge in [-0.25, -0.2) is 0 Å². The summed E-state index contributed by atoms with van der Waals surface area (Å²) in [5, 5.41) is 0. The summed E-state index contributed by atoms with van der Waals surface area (Å²) >= 11 is 0. The van der Waals surface area contributed by atoms with E-state index < -0.39 is 0 Å². The SMILES string of the molecule is C=C(C)C.C=C(C)CC.C=C(C)CCC.C=CC.C=Cc1ccc(C)cc1.C=Cc1ccc(CC)cc1.C=Cc1ccc(CCC)cc1.C=Cc1ccc(CCCC)cc1.C=Cc1ccc(CCCCC)cc1.CCc1cccc(C)c1. The molecule has 0 fully saturated rings. The normalized spacial score (nSPS) is 9.00. The number of rotatable bonds is 19. The van der Waals surface area contributed by atoms with Crippen LogP contribution in [0.25, 0.3) is 30.4 Å². The average Bonchev–Trinajstić information content (AvgIpc) is 3.49. The maximum absolute atomic E-state index is 3.74. The zero-order chi connectivity index (χ0) is 62.8. The van der Waals surface area contributed by atoms with Crippen LogP contribution in [0, 0.1) is 13.8 Å². The lowest BCUT2D eigenvalue weighted by atomic mass is 10.1. The lowest BCUT2D eigenvalue weighted by Crippen LogP contribution is -1.84. The highest BCUT2D eigenvalue weighted by molar-refractivity contribution is 5.50. The monoisotopic (exact) mass is 1100 g/mol. The minimum Gasteiger partial charge on any atom is -0.103 e. The second-order valence-electron chi connectivity index (χ2n) is 20.5. The molecule has 0 aliphatic carbocycles. The van der Waals surface area contributed by atoms with Crippen LogP contribution in [0.5, 0.6) is 0 Å². The molecule has 446 valence electrons. The molecular formula is C82H118. The lowest BCUT2D eigenvalue weighted by molar-refractivity contribution is 0.717. The van der Waals surface area contributed by atoms with Crippen molar-refractivity contribution in [3.8, 4) is 0 Å². The van der Waals surface area contributed by atoms with Crippen LogP contribution >= 0.6 is 0 Å². The van der Waals surface area contributed by atoms with Crippen molar-refractivity contribution in [3.63, 3.8) is 0 Å². The number of unbranched alkanes of at least 4 members (excludes halogenated alkanes) is 3. The largest absolute Gasteiger partial charge is 0.103 e. The van der Waals surface area contributed by atoms with E-state index in [1.807, 2.05) is 58.1 Å². The van der Waals surface area contributed by atoms with Gasteiger partial charge >= 0.3 is 0 Å². The molecule has 0 bridgehead atoms. The highest BCUT2D eigenvalue weighted by atomic mass is 14.0. The topological polar surface area (TPSA) is 0 Å². The van der Waals surface area contributed by atoms with Gasteiger partial charge in [0, 0.05) is 0 Å². The van der Waals surface area contributed by atoms with Crippen molar-refractivity contribution < 1.29 is 0 Å². The molecule has 82 heavy (non-hydrogen) atoms. The van der Waals surface area contributed by atoms with E-state index in [1.165, 1.54) is 154 Å². The fourth-order valence-electron chi connectivity index (χ4n) is 6.66. The zero-order valence-corrected chi connectivity index (χ0v) is 55.1. The van der Waals surface area contributed by atoms with Crippen LogP contribution < -0.4 is 0 Å². The van der Waals surface area contributed by atoms with Crippen LogP contribution in [0.15, 0.2) is 228 Å². The van der Waals surface area contributed by atoms with Crippen molar-refractivity contribution in [3.05, 3.63) is 294 Å². The van der Waals surface area contributed by atoms with Crippen molar-refractivity contribution in [2.75, 3.05) is 0 Å². The Morgan fingerprint density at radius 1 is 0.354 bits per heavy atom. The van der Waals surface area contributed by atoms with E-state index in [9.17, 15) is 0 Å². The molecule has 6 aromatic rings. The standard InChI is InChI=1S/C13H18.C12H16.C11H14.C10H12.C9H10.C9H12.C6H12.C5H10.C4H8.C3H6/c1-3-5-6-7-13-10-8-12(4-2)9-11-13;1-3-5-6-12-9-7-11(4-2)8-10-12;1-3-5-11-8-6-10(4-2)7-9-11;1-3-9-5-7-10(4-2)8-6-9;1-3-9-6-4-8(2)5-7-9;1-3-9-6-4-5-8(2)7-9;1-4-5-6(2)3;1-4-5(2)3;1-4(2)3;1-3-2/h4,8-11H,2-3,5-7H2,1H3;4,7-10H,2-3,5-6H2,1H3;4,6-9H,2-3,5H2,1H3;3,5-8H,1,4H2,2H3;3-7H,1H2,2H3;4-7H,3H2,1-2H3;2,4-5H2,1,3H3;2,4H2,1,3H3;1H2,2-3H3;3H,1H2,2H3. The van der Waals surface area contributed by atoms with Crippen molar-refractivity contribution >= 4 is 30.4 Å². The summed E-state index contributed by atoms with van der Waals surface area (Å²) in [6.07, 6.45) is 28.2. The summed E-state index contributed by atoms with van der Waals surface area (Å²) in [4.78, 5) is 0. The van der Waals surface area contributed by atoms with Gasteiger partial charge < -0.3 is 0 Å². The Morgan fingerprint density at radius 3 is 0.915 bits per heavy atom. The fraction of sp³-hybridized carbons (Fsp3) is 0.341. The summed E-state index contributed by atoms with van der Waals surface area (Å²) in [6.45, 7) is 62.2. The molecule has 0 amide bonds. The van der Waals surface area contributed by atoms with Gasteiger partial charge in [-0.05, 0) is 162 Å². The number of aryl methyl sites for hydroxylation is 7. The molecule has 6 rings (SSSR count). The first-order chi connectivity index (χ1) is 39.3. The van der Waals surface area contributed by atoms with Gasteiger partial charge in [0.2, 0.25) is 0 Å². The number of allylic oxidation sites excluding steroid dienone is 4. The molecular weight excluding hydrogens is 985 g/mol. The third-order valence-electron chi connectivity index (χ3n) is 11.8. The Kier molecular flexibility index (Phi) is 58.2. The molecule has 0 spiro atoms. The molecule has 0 atom stereocenters. The molecule has 0 N–H and O–H groups in total. The van der Waals surface area contributed by atoms with Crippen LogP contribution in [0.3, 0.4) is 0 Å². The van der Waals surface area contributed by atoms with E-state index in [0.29, 0.717) is 0 Å². The van der Waals surface area contributed by atoms with Crippen LogP contribution in [-0.2, 0) is 32.1 Å². The predicted octanol–water partition coefficient (Wildman–Crippen LogP) is 26.2. The maximum Gasteiger partial charge on any atom is -0.0262 e. The summed E-state index contributed by atoms with van der Waals surface area (Å²) in [7, 11) is 0. The Labute approximate surface area is 508 Å². The Morgan fingerprint density at radius 2 is 0.671 bits per heavy atom. The van der Waals surface area contributed by atoms with E-state index >= 15 is 0 Å². The van der Waals surface area contributed by atoms with Crippen molar-refractivity contribution in [2.45, 2.75) is 187 Å². The second-order valence-corrected chi connectivity index (χ2v) is 20.5. The molecule has 6 aromatic carbocycles. The van der Waals surface area contributed by atoms with Crippen molar-refractivity contribution in [1.29, 1.82) is 0 Å². The second kappa shape index (κ2) is 58.6. The van der Waals surface area contributed by atoms with E-state index in [0.717, 1.165) is 19.3 Å². The highest BCUT2D eigenvalue weighted by Gasteiger charge is 1.94. The summed E-state index contributed by atoms with van der Waals surface area (Å²) < 4.78 is 0. The van der Waals surface area contributed by atoms with Gasteiger partial charge in [0.1, 0.15) is 0 Å². The third-order valence-corrected chi connectivity index (χ3v) is 11.8. The molecule has 0 aliphatic heterocycles. The highest BCUT2D eigenvalue weighted by Crippen LogP contribution is 2.12. The third kappa shape index (κ3) is 53.6. The molecule has 0 saturated carbocycles. The van der Waals surface area contributed by atoms with E-state index in [4.69, 9.17) is 0 Å². The van der Waals surface area contributed by atoms with Gasteiger partial charge in [0.05, 0.1) is 0 Å². The Bertz CT molecular complexity index is 2500. The van der Waals surface area contributed by atoms with E-state index in [1.54, 1.807) is 6.08 Å². The number of benzene rings is 6. The molecule has 0 aromatic heterocycles. The first-order valence-electron chi connectivity index (χ1n) is 30.4. The van der Waals surface area contributed by atoms with E-state index in [2.05, 4.69) is 274 Å². The van der Waals surface area contributed by atoms with Gasteiger partial charge in [0.15, 0.2) is 0 Å². The average molecular weight is 1100 g/mol. The summed E-state index contributed by atoms with van der Waals surface area (Å²) in [5.41, 5.74) is 19.4. The van der Waals surface area contributed by atoms with Crippen LogP contribution in [0.2, 0.25) is 0 Å². The smallest absolute Gasteiger partial charge is 0.0262 e. The Hall–Kier alpha value is -7.02. The van der Waals surface area contributed by atoms with Crippen LogP contribution in [0.1, 0.15) is 208 Å². The first-order valence-corrected chi connectivity index (χ1v) is 30.4. The predicted molar refractivity (Wildman–Crippen MR) is 384 cm³/mol. The Balaban J connectivity index is -0.000000422. The van der Waals surface area contributed by atoms with Crippen molar-refractivity contribution in [2.24, 2.45) is 0 Å². The van der Waals surface area contributed by atoms with Crippen molar-refractivity contribution in [1.82, 2.24) is 0 Å². The minimum atomic E-state index is 1.11. The zero-order valence-electron chi connectivity index (χ0n) is 55.1. The van der Waals surface area contributed by atoms with Gasteiger partial charge in [-0.2, -0.15) is 0 Å². The summed E-state index contributed by atoms with van der Waals surface area (Å²) in [5.74, 6) is 0. The lowest BCUT2D eigenvalue weighted by Gasteiger charge is -2.00.